The Balaban J connectivity index is 3.18. The van der Waals surface area contributed by atoms with Crippen molar-refractivity contribution in [2.75, 3.05) is 13.7 Å². The molecule has 0 aliphatic heterocycles. The lowest BCUT2D eigenvalue weighted by atomic mass is 9.80. The molecule has 1 saturated carbocycles. The summed E-state index contributed by atoms with van der Waals surface area (Å²) in [6, 6.07) is 0. The van der Waals surface area contributed by atoms with E-state index in [4.69, 9.17) is 23.7 Å². The Morgan fingerprint density at radius 3 is 1.68 bits per heavy atom. The summed E-state index contributed by atoms with van der Waals surface area (Å²) >= 11 is 0. The van der Waals surface area contributed by atoms with Crippen LogP contribution in [0.4, 0.5) is 0 Å². The minimum atomic E-state index is -1.08. The Kier molecular flexibility index (Phi) is 7.82. The van der Waals surface area contributed by atoms with Gasteiger partial charge in [-0.3, -0.25) is 19.2 Å². The van der Waals surface area contributed by atoms with Crippen LogP contribution in [0.2, 0.25) is 0 Å². The molecule has 0 spiro atoms. The van der Waals surface area contributed by atoms with Crippen LogP contribution >= 0.6 is 0 Å². The number of methoxy groups -OCH3 is 1. The maximum absolute atomic E-state index is 11.5. The van der Waals surface area contributed by atoms with Gasteiger partial charge in [-0.05, 0) is 6.42 Å². The molecule has 0 radical (unpaired) electrons. The highest BCUT2D eigenvalue weighted by molar-refractivity contribution is 5.68. The molecule has 0 bridgehead atoms. The van der Waals surface area contributed by atoms with Crippen molar-refractivity contribution in [3.8, 4) is 0 Å². The molecule has 0 aromatic carbocycles. The van der Waals surface area contributed by atoms with Crippen molar-refractivity contribution in [2.24, 2.45) is 5.92 Å². The molecule has 0 saturated heterocycles. The van der Waals surface area contributed by atoms with Crippen LogP contribution in [0.15, 0.2) is 0 Å². The second kappa shape index (κ2) is 9.36. The predicted molar refractivity (Wildman–Crippen MR) is 82.2 cm³/mol. The number of carbonyl (C=O) groups excluding carboxylic acids is 4. The molecule has 0 unspecified atom stereocenters. The number of rotatable bonds is 6. The largest absolute Gasteiger partial charge is 0.465 e. The summed E-state index contributed by atoms with van der Waals surface area (Å²) in [6.45, 7) is 4.80. The lowest BCUT2D eigenvalue weighted by Crippen LogP contribution is -2.59. The van der Waals surface area contributed by atoms with Crippen molar-refractivity contribution in [3.05, 3.63) is 0 Å². The van der Waals surface area contributed by atoms with Gasteiger partial charge in [0.25, 0.3) is 0 Å². The van der Waals surface area contributed by atoms with Crippen molar-refractivity contribution < 1.29 is 42.9 Å². The number of hydrogen-bond acceptors (Lipinski definition) is 9. The highest BCUT2D eigenvalue weighted by Crippen LogP contribution is 2.34. The molecule has 5 atom stereocenters. The molecule has 25 heavy (non-hydrogen) atoms. The highest BCUT2D eigenvalue weighted by atomic mass is 16.6. The summed E-state index contributed by atoms with van der Waals surface area (Å²) in [5, 5.41) is 0. The first-order valence-corrected chi connectivity index (χ1v) is 7.83. The molecule has 0 N–H and O–H groups in total. The van der Waals surface area contributed by atoms with Gasteiger partial charge in [0.15, 0.2) is 12.2 Å². The average molecular weight is 360 g/mol. The molecular formula is C16H24O9. The lowest BCUT2D eigenvalue weighted by Gasteiger charge is -2.43. The first-order chi connectivity index (χ1) is 11.6. The third-order valence-corrected chi connectivity index (χ3v) is 3.72. The second-order valence-electron chi connectivity index (χ2n) is 5.79. The van der Waals surface area contributed by atoms with Crippen LogP contribution in [-0.2, 0) is 42.9 Å². The fourth-order valence-corrected chi connectivity index (χ4v) is 2.87. The summed E-state index contributed by atoms with van der Waals surface area (Å²) < 4.78 is 26.2. The standard InChI is InChI=1S/C16H24O9/c1-8(17)22-7-12-6-13(21-5)15(24-10(3)19)16(25-11(4)20)14(12)23-9(2)18/h12-16H,6-7H2,1-5H3/t12-,13+,14+,15-,16+/m1/s1. The molecule has 0 aromatic rings. The smallest absolute Gasteiger partial charge is 0.303 e. The summed E-state index contributed by atoms with van der Waals surface area (Å²) in [7, 11) is 1.42. The zero-order valence-corrected chi connectivity index (χ0v) is 15.0. The molecule has 1 aliphatic carbocycles. The van der Waals surface area contributed by atoms with E-state index in [1.54, 1.807) is 0 Å². The Labute approximate surface area is 145 Å². The Morgan fingerprint density at radius 1 is 0.760 bits per heavy atom. The number of ether oxygens (including phenoxy) is 5. The third-order valence-electron chi connectivity index (χ3n) is 3.72. The van der Waals surface area contributed by atoms with Crippen molar-refractivity contribution in [1.29, 1.82) is 0 Å². The van der Waals surface area contributed by atoms with E-state index in [9.17, 15) is 19.2 Å². The lowest BCUT2D eigenvalue weighted by molar-refractivity contribution is -0.218. The zero-order valence-electron chi connectivity index (χ0n) is 15.0. The van der Waals surface area contributed by atoms with E-state index in [0.29, 0.717) is 0 Å². The summed E-state index contributed by atoms with van der Waals surface area (Å²) in [5.41, 5.74) is 0. The van der Waals surface area contributed by atoms with Gasteiger partial charge in [0.1, 0.15) is 6.10 Å². The van der Waals surface area contributed by atoms with Crippen LogP contribution in [0.1, 0.15) is 34.1 Å². The minimum Gasteiger partial charge on any atom is -0.465 e. The third kappa shape index (κ3) is 6.33. The average Bonchev–Trinajstić information content (AvgIpc) is 2.48. The zero-order chi connectivity index (χ0) is 19.1. The molecule has 1 fully saturated rings. The Bertz CT molecular complexity index is 516. The van der Waals surface area contributed by atoms with Crippen LogP contribution in [0.3, 0.4) is 0 Å². The van der Waals surface area contributed by atoms with E-state index in [1.807, 2.05) is 0 Å². The molecule has 1 aliphatic rings. The van der Waals surface area contributed by atoms with Gasteiger partial charge in [-0.2, -0.15) is 0 Å². The summed E-state index contributed by atoms with van der Waals surface area (Å²) in [4.78, 5) is 45.6. The van der Waals surface area contributed by atoms with Gasteiger partial charge in [0.2, 0.25) is 0 Å². The van der Waals surface area contributed by atoms with Gasteiger partial charge >= 0.3 is 23.9 Å². The van der Waals surface area contributed by atoms with Crippen LogP contribution in [-0.4, -0.2) is 62.0 Å². The maximum Gasteiger partial charge on any atom is 0.303 e. The topological polar surface area (TPSA) is 114 Å². The fourth-order valence-electron chi connectivity index (χ4n) is 2.87. The van der Waals surface area contributed by atoms with Gasteiger partial charge in [-0.1, -0.05) is 0 Å². The molecule has 0 amide bonds. The highest BCUT2D eigenvalue weighted by Gasteiger charge is 2.51. The van der Waals surface area contributed by atoms with Gasteiger partial charge in [0.05, 0.1) is 12.7 Å². The second-order valence-corrected chi connectivity index (χ2v) is 5.79. The van der Waals surface area contributed by atoms with E-state index >= 15 is 0 Å². The summed E-state index contributed by atoms with van der Waals surface area (Å²) in [6.07, 6.45) is -3.33. The van der Waals surface area contributed by atoms with E-state index in [1.165, 1.54) is 34.8 Å². The Hall–Kier alpha value is -2.16. The molecule has 9 nitrogen and oxygen atoms in total. The van der Waals surface area contributed by atoms with E-state index in [2.05, 4.69) is 0 Å². The van der Waals surface area contributed by atoms with Gasteiger partial charge in [0, 0.05) is 40.7 Å². The quantitative estimate of drug-likeness (QED) is 0.490. The van der Waals surface area contributed by atoms with Crippen molar-refractivity contribution in [2.45, 2.75) is 58.5 Å². The molecule has 1 rings (SSSR count). The maximum atomic E-state index is 11.5. The van der Waals surface area contributed by atoms with Crippen LogP contribution in [0.5, 0.6) is 0 Å². The fraction of sp³-hybridized carbons (Fsp3) is 0.750. The van der Waals surface area contributed by atoms with Crippen molar-refractivity contribution in [1.82, 2.24) is 0 Å². The van der Waals surface area contributed by atoms with Crippen LogP contribution in [0, 0.1) is 5.92 Å². The molecule has 9 heteroatoms. The van der Waals surface area contributed by atoms with Gasteiger partial charge in [-0.25, -0.2) is 0 Å². The monoisotopic (exact) mass is 360 g/mol. The number of carbonyl (C=O) groups is 4. The van der Waals surface area contributed by atoms with Crippen molar-refractivity contribution in [3.63, 3.8) is 0 Å². The van der Waals surface area contributed by atoms with Gasteiger partial charge in [-0.15, -0.1) is 0 Å². The molecule has 0 heterocycles. The number of esters is 4. The Morgan fingerprint density at radius 2 is 1.24 bits per heavy atom. The predicted octanol–water partition coefficient (Wildman–Crippen LogP) is 0.380. The van der Waals surface area contributed by atoms with E-state index < -0.39 is 54.2 Å². The first kappa shape index (κ1) is 20.9. The van der Waals surface area contributed by atoms with Gasteiger partial charge < -0.3 is 23.7 Å². The first-order valence-electron chi connectivity index (χ1n) is 7.83. The van der Waals surface area contributed by atoms with Crippen LogP contribution < -0.4 is 0 Å². The van der Waals surface area contributed by atoms with Crippen LogP contribution in [0.25, 0.3) is 0 Å². The van der Waals surface area contributed by atoms with E-state index in [-0.39, 0.29) is 13.0 Å². The normalized spacial score (nSPS) is 28.6. The molecular weight excluding hydrogens is 336 g/mol. The number of hydrogen-bond donors (Lipinski definition) is 0. The van der Waals surface area contributed by atoms with E-state index in [0.717, 1.165) is 0 Å². The SMILES string of the molecule is CO[C@H]1C[C@H](COC(C)=O)[C@H](OC(C)=O)[C@H](OC(C)=O)[C@@H]1OC(C)=O. The van der Waals surface area contributed by atoms with Crippen molar-refractivity contribution >= 4 is 23.9 Å². The summed E-state index contributed by atoms with van der Waals surface area (Å²) in [5.74, 6) is -2.82. The minimum absolute atomic E-state index is 0.0578. The molecule has 0 aromatic heterocycles. The molecule has 142 valence electrons.